The molecule has 1 aromatic heterocycles. The molecule has 0 bridgehead atoms. The van der Waals surface area contributed by atoms with E-state index in [0.717, 1.165) is 5.56 Å². The number of para-hydroxylation sites is 1. The maximum absolute atomic E-state index is 13.1. The Hall–Kier alpha value is -2.67. The normalized spacial score (nSPS) is 13.4. The molecule has 2 aromatic carbocycles. The standard InChI is InChI=1S/C23H26FN3O2S/c1-14(2)13-27-22(29)19-7-5-6-8-20(19)26-23(27)30-16(4)21(28)25-15(3)17-9-11-18(24)12-10-17/h5-12,14-16H,13H2,1-4H3,(H,25,28)/t15-,16+/m0/s1. The van der Waals surface area contributed by atoms with Gasteiger partial charge in [-0.1, -0.05) is 49.9 Å². The van der Waals surface area contributed by atoms with Crippen LogP contribution in [0.2, 0.25) is 0 Å². The van der Waals surface area contributed by atoms with E-state index < -0.39 is 5.25 Å². The van der Waals surface area contributed by atoms with Crippen LogP contribution in [0.3, 0.4) is 0 Å². The fourth-order valence-electron chi connectivity index (χ4n) is 3.14. The monoisotopic (exact) mass is 427 g/mol. The molecule has 1 amide bonds. The van der Waals surface area contributed by atoms with Crippen LogP contribution in [-0.2, 0) is 11.3 Å². The molecule has 1 N–H and O–H groups in total. The smallest absolute Gasteiger partial charge is 0.262 e. The molecule has 2 atom stereocenters. The van der Waals surface area contributed by atoms with E-state index in [0.29, 0.717) is 22.6 Å². The van der Waals surface area contributed by atoms with Crippen LogP contribution in [0, 0.1) is 11.7 Å². The lowest BCUT2D eigenvalue weighted by Gasteiger charge is -2.20. The lowest BCUT2D eigenvalue weighted by molar-refractivity contribution is -0.120. The van der Waals surface area contributed by atoms with Crippen LogP contribution in [-0.4, -0.2) is 20.7 Å². The molecule has 1 heterocycles. The number of aromatic nitrogens is 2. The second kappa shape index (κ2) is 9.43. The fraction of sp³-hybridized carbons (Fsp3) is 0.348. The third-order valence-corrected chi connectivity index (χ3v) is 5.84. The molecule has 7 heteroatoms. The first kappa shape index (κ1) is 22.0. The van der Waals surface area contributed by atoms with Gasteiger partial charge in [-0.05, 0) is 49.6 Å². The van der Waals surface area contributed by atoms with E-state index in [9.17, 15) is 14.0 Å². The van der Waals surface area contributed by atoms with Crippen LogP contribution in [0.25, 0.3) is 10.9 Å². The second-order valence-corrected chi connectivity index (χ2v) is 9.07. The molecule has 0 saturated heterocycles. The van der Waals surface area contributed by atoms with E-state index in [-0.39, 0.29) is 29.2 Å². The Morgan fingerprint density at radius 1 is 1.10 bits per heavy atom. The minimum atomic E-state index is -0.459. The molecular weight excluding hydrogens is 401 g/mol. The summed E-state index contributed by atoms with van der Waals surface area (Å²) in [6, 6.07) is 13.1. The number of benzene rings is 2. The molecule has 5 nitrogen and oxygen atoms in total. The predicted molar refractivity (Wildman–Crippen MR) is 119 cm³/mol. The van der Waals surface area contributed by atoms with Crippen molar-refractivity contribution >= 4 is 28.6 Å². The van der Waals surface area contributed by atoms with Crippen molar-refractivity contribution in [3.8, 4) is 0 Å². The maximum atomic E-state index is 13.1. The van der Waals surface area contributed by atoms with Gasteiger partial charge >= 0.3 is 0 Å². The summed E-state index contributed by atoms with van der Waals surface area (Å²) in [4.78, 5) is 30.4. The van der Waals surface area contributed by atoms with Crippen LogP contribution >= 0.6 is 11.8 Å². The Bertz CT molecular complexity index is 1100. The number of carbonyl (C=O) groups excluding carboxylic acids is 1. The van der Waals surface area contributed by atoms with E-state index in [1.54, 1.807) is 29.7 Å². The van der Waals surface area contributed by atoms with Crippen LogP contribution in [0.4, 0.5) is 4.39 Å². The highest BCUT2D eigenvalue weighted by Gasteiger charge is 2.21. The van der Waals surface area contributed by atoms with Gasteiger partial charge in [0.2, 0.25) is 5.91 Å². The van der Waals surface area contributed by atoms with Crippen molar-refractivity contribution in [2.45, 2.75) is 50.7 Å². The second-order valence-electron chi connectivity index (χ2n) is 7.76. The van der Waals surface area contributed by atoms with Gasteiger partial charge in [0.05, 0.1) is 22.2 Å². The molecule has 0 aliphatic carbocycles. The molecule has 0 aliphatic rings. The Kier molecular flexibility index (Phi) is 6.92. The van der Waals surface area contributed by atoms with Crippen molar-refractivity contribution in [1.82, 2.24) is 14.9 Å². The maximum Gasteiger partial charge on any atom is 0.262 e. The summed E-state index contributed by atoms with van der Waals surface area (Å²) < 4.78 is 14.8. The Morgan fingerprint density at radius 3 is 2.43 bits per heavy atom. The molecule has 0 aliphatic heterocycles. The Labute approximate surface area is 179 Å². The van der Waals surface area contributed by atoms with Crippen LogP contribution < -0.4 is 10.9 Å². The summed E-state index contributed by atoms with van der Waals surface area (Å²) in [5, 5.41) is 3.60. The SMILES string of the molecule is CC(C)Cn1c(S[C@H](C)C(=O)N[C@@H](C)c2ccc(F)cc2)nc2ccccc2c1=O. The number of thioether (sulfide) groups is 1. The number of rotatable bonds is 7. The molecule has 0 unspecified atom stereocenters. The number of hydrogen-bond acceptors (Lipinski definition) is 4. The van der Waals surface area contributed by atoms with E-state index in [1.165, 1.54) is 23.9 Å². The van der Waals surface area contributed by atoms with Gasteiger partial charge in [0, 0.05) is 6.54 Å². The highest BCUT2D eigenvalue weighted by Crippen LogP contribution is 2.24. The van der Waals surface area contributed by atoms with Crippen molar-refractivity contribution in [3.63, 3.8) is 0 Å². The first-order chi connectivity index (χ1) is 14.3. The third kappa shape index (κ3) is 5.08. The van der Waals surface area contributed by atoms with Crippen LogP contribution in [0.1, 0.15) is 39.3 Å². The summed E-state index contributed by atoms with van der Waals surface area (Å²) in [6.45, 7) is 8.25. The molecular formula is C23H26FN3O2S. The third-order valence-electron chi connectivity index (χ3n) is 4.75. The average Bonchev–Trinajstić information content (AvgIpc) is 2.71. The molecule has 158 valence electrons. The number of carbonyl (C=O) groups is 1. The van der Waals surface area contributed by atoms with E-state index in [1.807, 2.05) is 39.0 Å². The average molecular weight is 428 g/mol. The molecule has 3 aromatic rings. The molecule has 0 fully saturated rings. The van der Waals surface area contributed by atoms with E-state index in [2.05, 4.69) is 10.3 Å². The number of amides is 1. The summed E-state index contributed by atoms with van der Waals surface area (Å²) in [6.07, 6.45) is 0. The quantitative estimate of drug-likeness (QED) is 0.444. The van der Waals surface area contributed by atoms with E-state index >= 15 is 0 Å². The minimum absolute atomic E-state index is 0.0934. The molecule has 0 saturated carbocycles. The molecule has 0 radical (unpaired) electrons. The number of nitrogens with zero attached hydrogens (tertiary/aromatic N) is 2. The summed E-state index contributed by atoms with van der Waals surface area (Å²) in [5.74, 6) is -0.227. The highest BCUT2D eigenvalue weighted by atomic mass is 32.2. The fourth-order valence-corrected chi connectivity index (χ4v) is 4.07. The Balaban J connectivity index is 1.82. The predicted octanol–water partition coefficient (Wildman–Crippen LogP) is 4.55. The zero-order valence-electron chi connectivity index (χ0n) is 17.6. The molecule has 30 heavy (non-hydrogen) atoms. The largest absolute Gasteiger partial charge is 0.349 e. The summed E-state index contributed by atoms with van der Waals surface area (Å²) >= 11 is 1.27. The lowest BCUT2D eigenvalue weighted by atomic mass is 10.1. The van der Waals surface area contributed by atoms with Crippen molar-refractivity contribution in [2.75, 3.05) is 0 Å². The Morgan fingerprint density at radius 2 is 1.77 bits per heavy atom. The minimum Gasteiger partial charge on any atom is -0.349 e. The van der Waals surface area contributed by atoms with Gasteiger partial charge in [0.15, 0.2) is 5.16 Å². The van der Waals surface area contributed by atoms with Gasteiger partial charge in [0.25, 0.3) is 5.56 Å². The molecule has 0 spiro atoms. The first-order valence-electron chi connectivity index (χ1n) is 9.98. The van der Waals surface area contributed by atoms with Gasteiger partial charge in [-0.2, -0.15) is 0 Å². The van der Waals surface area contributed by atoms with Crippen molar-refractivity contribution < 1.29 is 9.18 Å². The van der Waals surface area contributed by atoms with Gasteiger partial charge < -0.3 is 5.32 Å². The van der Waals surface area contributed by atoms with Crippen molar-refractivity contribution in [1.29, 1.82) is 0 Å². The van der Waals surface area contributed by atoms with Gasteiger partial charge in [-0.3, -0.25) is 14.2 Å². The van der Waals surface area contributed by atoms with Gasteiger partial charge in [0.1, 0.15) is 5.82 Å². The zero-order chi connectivity index (χ0) is 21.8. The number of fused-ring (bicyclic) bond motifs is 1. The number of nitrogens with one attached hydrogen (secondary N) is 1. The number of halogens is 1. The van der Waals surface area contributed by atoms with Crippen LogP contribution in [0.15, 0.2) is 58.5 Å². The van der Waals surface area contributed by atoms with Crippen LogP contribution in [0.5, 0.6) is 0 Å². The number of hydrogen-bond donors (Lipinski definition) is 1. The topological polar surface area (TPSA) is 64.0 Å². The first-order valence-corrected chi connectivity index (χ1v) is 10.9. The summed E-state index contributed by atoms with van der Waals surface area (Å²) in [5.41, 5.74) is 1.35. The summed E-state index contributed by atoms with van der Waals surface area (Å²) in [7, 11) is 0. The van der Waals surface area contributed by atoms with Gasteiger partial charge in [-0.15, -0.1) is 0 Å². The molecule has 3 rings (SSSR count). The van der Waals surface area contributed by atoms with E-state index in [4.69, 9.17) is 0 Å². The van der Waals surface area contributed by atoms with Crippen molar-refractivity contribution in [2.24, 2.45) is 5.92 Å². The lowest BCUT2D eigenvalue weighted by Crippen LogP contribution is -2.34. The zero-order valence-corrected chi connectivity index (χ0v) is 18.4. The van der Waals surface area contributed by atoms with Crippen molar-refractivity contribution in [3.05, 3.63) is 70.3 Å². The van der Waals surface area contributed by atoms with Gasteiger partial charge in [-0.25, -0.2) is 9.37 Å². The highest BCUT2D eigenvalue weighted by molar-refractivity contribution is 8.00.